The van der Waals surface area contributed by atoms with E-state index in [4.69, 9.17) is 37.7 Å². The molecule has 1 amide bonds. The van der Waals surface area contributed by atoms with E-state index >= 15 is 0 Å². The largest absolute Gasteiger partial charge is 0.459 e. The number of halogens is 2. The topological polar surface area (TPSA) is 56.6 Å². The molecule has 0 saturated carbocycles. The maximum atomic E-state index is 12.5. The SMILES string of the molecule is CC(C)(C)OC(=O)N1CCC[C@H](Oc2nc3ccccc3n2Cc2ccc(Cl)c(Cl)c2)C1. The van der Waals surface area contributed by atoms with Crippen LogP contribution in [0.1, 0.15) is 39.2 Å². The van der Waals surface area contributed by atoms with Gasteiger partial charge in [-0.2, -0.15) is 4.98 Å². The molecule has 0 radical (unpaired) electrons. The molecule has 2 heterocycles. The molecule has 1 aromatic heterocycles. The highest BCUT2D eigenvalue weighted by atomic mass is 35.5. The zero-order valence-corrected chi connectivity index (χ0v) is 20.0. The molecule has 0 N–H and O–H groups in total. The Morgan fingerprint density at radius 2 is 1.94 bits per heavy atom. The van der Waals surface area contributed by atoms with Crippen molar-refractivity contribution in [1.29, 1.82) is 0 Å². The third kappa shape index (κ3) is 5.30. The summed E-state index contributed by atoms with van der Waals surface area (Å²) in [6.45, 7) is 7.27. The van der Waals surface area contributed by atoms with Crippen LogP contribution >= 0.6 is 23.2 Å². The summed E-state index contributed by atoms with van der Waals surface area (Å²) in [4.78, 5) is 19.0. The van der Waals surface area contributed by atoms with Crippen LogP contribution in [0.2, 0.25) is 10.0 Å². The van der Waals surface area contributed by atoms with Gasteiger partial charge >= 0.3 is 6.09 Å². The van der Waals surface area contributed by atoms with Crippen molar-refractivity contribution in [3.05, 3.63) is 58.1 Å². The van der Waals surface area contributed by atoms with Crippen LogP contribution in [-0.4, -0.2) is 45.3 Å². The number of ether oxygens (including phenoxy) is 2. The summed E-state index contributed by atoms with van der Waals surface area (Å²) >= 11 is 12.3. The Labute approximate surface area is 198 Å². The van der Waals surface area contributed by atoms with Crippen LogP contribution in [0.25, 0.3) is 11.0 Å². The van der Waals surface area contributed by atoms with Crippen molar-refractivity contribution in [2.75, 3.05) is 13.1 Å². The van der Waals surface area contributed by atoms with Crippen LogP contribution in [-0.2, 0) is 11.3 Å². The molecular formula is C24H27Cl2N3O3. The van der Waals surface area contributed by atoms with E-state index in [1.54, 1.807) is 11.0 Å². The first kappa shape index (κ1) is 22.7. The first-order valence-electron chi connectivity index (χ1n) is 10.7. The maximum Gasteiger partial charge on any atom is 0.410 e. The number of fused-ring (bicyclic) bond motifs is 1. The maximum absolute atomic E-state index is 12.5. The molecule has 4 rings (SSSR count). The van der Waals surface area contributed by atoms with Crippen LogP contribution < -0.4 is 4.74 Å². The number of nitrogens with zero attached hydrogens (tertiary/aromatic N) is 3. The molecular weight excluding hydrogens is 449 g/mol. The molecule has 0 spiro atoms. The Balaban J connectivity index is 1.56. The molecule has 1 aliphatic rings. The summed E-state index contributed by atoms with van der Waals surface area (Å²) in [6, 6.07) is 14.0. The van der Waals surface area contributed by atoms with Gasteiger partial charge in [0.1, 0.15) is 11.7 Å². The van der Waals surface area contributed by atoms with E-state index in [0.717, 1.165) is 29.4 Å². The summed E-state index contributed by atoms with van der Waals surface area (Å²) in [7, 11) is 0. The monoisotopic (exact) mass is 475 g/mol. The Morgan fingerprint density at radius 1 is 1.16 bits per heavy atom. The molecule has 8 heteroatoms. The Bertz CT molecular complexity index is 1120. The van der Waals surface area contributed by atoms with Gasteiger partial charge in [0, 0.05) is 6.54 Å². The first-order valence-corrected chi connectivity index (χ1v) is 11.5. The van der Waals surface area contributed by atoms with E-state index < -0.39 is 5.60 Å². The number of imidazole rings is 1. The number of carbonyl (C=O) groups is 1. The fraction of sp³-hybridized carbons (Fsp3) is 0.417. The van der Waals surface area contributed by atoms with E-state index in [-0.39, 0.29) is 12.2 Å². The molecule has 170 valence electrons. The second-order valence-corrected chi connectivity index (χ2v) is 9.84. The van der Waals surface area contributed by atoms with Crippen molar-refractivity contribution in [1.82, 2.24) is 14.5 Å². The molecule has 0 aliphatic carbocycles. The zero-order chi connectivity index (χ0) is 22.9. The summed E-state index contributed by atoms with van der Waals surface area (Å²) in [6.07, 6.45) is 1.21. The molecule has 0 bridgehead atoms. The smallest absolute Gasteiger partial charge is 0.410 e. The van der Waals surface area contributed by atoms with Crippen LogP contribution in [0.4, 0.5) is 4.79 Å². The summed E-state index contributed by atoms with van der Waals surface area (Å²) in [5.41, 5.74) is 2.28. The van der Waals surface area contributed by atoms with Crippen molar-refractivity contribution in [2.45, 2.75) is 51.9 Å². The minimum Gasteiger partial charge on any atom is -0.459 e. The number of benzene rings is 2. The van der Waals surface area contributed by atoms with Crippen LogP contribution in [0.5, 0.6) is 6.01 Å². The van der Waals surface area contributed by atoms with Gasteiger partial charge in [0.2, 0.25) is 0 Å². The Morgan fingerprint density at radius 3 is 2.69 bits per heavy atom. The van der Waals surface area contributed by atoms with Crippen LogP contribution in [0.15, 0.2) is 42.5 Å². The third-order valence-electron chi connectivity index (χ3n) is 5.25. The molecule has 32 heavy (non-hydrogen) atoms. The van der Waals surface area contributed by atoms with Crippen molar-refractivity contribution in [3.8, 4) is 6.01 Å². The highest BCUT2D eigenvalue weighted by molar-refractivity contribution is 6.42. The van der Waals surface area contributed by atoms with E-state index in [2.05, 4.69) is 0 Å². The fourth-order valence-corrected chi connectivity index (χ4v) is 4.11. The van der Waals surface area contributed by atoms with E-state index in [1.165, 1.54) is 0 Å². The first-order chi connectivity index (χ1) is 15.2. The number of piperidine rings is 1. The molecule has 0 unspecified atom stereocenters. The number of hydrogen-bond donors (Lipinski definition) is 0. The van der Waals surface area contributed by atoms with Crippen molar-refractivity contribution in [2.24, 2.45) is 0 Å². The lowest BCUT2D eigenvalue weighted by Crippen LogP contribution is -2.46. The number of hydrogen-bond acceptors (Lipinski definition) is 4. The van der Waals surface area contributed by atoms with Gasteiger partial charge in [-0.1, -0.05) is 41.4 Å². The molecule has 6 nitrogen and oxygen atoms in total. The average Bonchev–Trinajstić information content (AvgIpc) is 3.07. The number of rotatable bonds is 4. The van der Waals surface area contributed by atoms with Gasteiger partial charge in [-0.3, -0.25) is 4.57 Å². The molecule has 1 aliphatic heterocycles. The van der Waals surface area contributed by atoms with Crippen LogP contribution in [0.3, 0.4) is 0 Å². The van der Waals surface area contributed by atoms with Gasteiger partial charge in [0.05, 0.1) is 34.2 Å². The average molecular weight is 476 g/mol. The Hall–Kier alpha value is -2.44. The summed E-state index contributed by atoms with van der Waals surface area (Å²) in [5.74, 6) is 0. The van der Waals surface area contributed by atoms with Gasteiger partial charge in [0.15, 0.2) is 0 Å². The van der Waals surface area contributed by atoms with E-state index in [9.17, 15) is 4.79 Å². The summed E-state index contributed by atoms with van der Waals surface area (Å²) in [5, 5.41) is 1.03. The number of amides is 1. The normalized spacial score (nSPS) is 16.9. The molecule has 2 aromatic carbocycles. The predicted octanol–water partition coefficient (Wildman–Crippen LogP) is 6.17. The second kappa shape index (κ2) is 9.20. The standard InChI is InChI=1S/C24H27Cl2N3O3/c1-24(2,3)32-23(30)28-12-6-7-17(15-28)31-22-27-20-8-4-5-9-21(20)29(22)14-16-10-11-18(25)19(26)13-16/h4-5,8-11,13,17H,6-7,12,14-15H2,1-3H3/t17-/m0/s1. The van der Waals surface area contributed by atoms with Gasteiger partial charge in [-0.25, -0.2) is 4.79 Å². The van der Waals surface area contributed by atoms with Gasteiger partial charge in [-0.15, -0.1) is 0 Å². The van der Waals surface area contributed by atoms with Crippen molar-refractivity contribution < 1.29 is 14.3 Å². The molecule has 3 aromatic rings. The lowest BCUT2D eigenvalue weighted by molar-refractivity contribution is 0.00626. The summed E-state index contributed by atoms with van der Waals surface area (Å²) < 4.78 is 13.9. The minimum atomic E-state index is -0.529. The Kier molecular flexibility index (Phi) is 6.54. The zero-order valence-electron chi connectivity index (χ0n) is 18.5. The third-order valence-corrected chi connectivity index (χ3v) is 5.99. The second-order valence-electron chi connectivity index (χ2n) is 9.03. The number of likely N-dealkylation sites (tertiary alicyclic amines) is 1. The quantitative estimate of drug-likeness (QED) is 0.452. The van der Waals surface area contributed by atoms with Gasteiger partial charge in [0.25, 0.3) is 6.01 Å². The van der Waals surface area contributed by atoms with Crippen molar-refractivity contribution in [3.63, 3.8) is 0 Å². The van der Waals surface area contributed by atoms with Crippen molar-refractivity contribution >= 4 is 40.3 Å². The number of para-hydroxylation sites is 2. The lowest BCUT2D eigenvalue weighted by Gasteiger charge is -2.34. The van der Waals surface area contributed by atoms with Gasteiger partial charge < -0.3 is 14.4 Å². The minimum absolute atomic E-state index is 0.166. The highest BCUT2D eigenvalue weighted by Gasteiger charge is 2.29. The number of carbonyl (C=O) groups excluding carboxylic acids is 1. The van der Waals surface area contributed by atoms with E-state index in [1.807, 2.05) is 61.7 Å². The predicted molar refractivity (Wildman–Crippen MR) is 127 cm³/mol. The van der Waals surface area contributed by atoms with Gasteiger partial charge in [-0.05, 0) is 63.4 Å². The molecule has 1 fully saturated rings. The number of aromatic nitrogens is 2. The fourth-order valence-electron chi connectivity index (χ4n) is 3.79. The van der Waals surface area contributed by atoms with Crippen LogP contribution in [0, 0.1) is 0 Å². The molecule has 1 atom stereocenters. The highest BCUT2D eigenvalue weighted by Crippen LogP contribution is 2.28. The van der Waals surface area contributed by atoms with E-state index in [0.29, 0.717) is 35.7 Å². The molecule has 1 saturated heterocycles. The lowest BCUT2D eigenvalue weighted by atomic mass is 10.1.